The zero-order valence-electron chi connectivity index (χ0n) is 10.5. The first-order valence-electron chi connectivity index (χ1n) is 5.76. The maximum Gasteiger partial charge on any atom is 0.137 e. The molecule has 4 heteroatoms. The van der Waals surface area contributed by atoms with Crippen LogP contribution in [0.4, 0.5) is 5.82 Å². The Hall–Kier alpha value is -0.830. The minimum atomic E-state index is 0.573. The standard InChI is InChI=1S/C12H20ClN3/c1-5-10-11(13)14-8-15-12(10)16(4)7-6-9(2)3/h8-9H,5-7H2,1-4H3. The highest BCUT2D eigenvalue weighted by atomic mass is 35.5. The lowest BCUT2D eigenvalue weighted by atomic mass is 10.1. The summed E-state index contributed by atoms with van der Waals surface area (Å²) in [5.41, 5.74) is 1.04. The minimum Gasteiger partial charge on any atom is -0.359 e. The number of aromatic nitrogens is 2. The lowest BCUT2D eigenvalue weighted by Gasteiger charge is -2.21. The van der Waals surface area contributed by atoms with Gasteiger partial charge in [-0.3, -0.25) is 0 Å². The lowest BCUT2D eigenvalue weighted by Crippen LogP contribution is -2.22. The molecule has 0 saturated heterocycles. The largest absolute Gasteiger partial charge is 0.359 e. The van der Waals surface area contributed by atoms with Crippen molar-refractivity contribution in [2.24, 2.45) is 5.92 Å². The fourth-order valence-corrected chi connectivity index (χ4v) is 1.83. The van der Waals surface area contributed by atoms with Gasteiger partial charge in [0.15, 0.2) is 0 Å². The maximum atomic E-state index is 6.06. The van der Waals surface area contributed by atoms with Crippen molar-refractivity contribution in [3.8, 4) is 0 Å². The van der Waals surface area contributed by atoms with E-state index in [0.717, 1.165) is 30.8 Å². The van der Waals surface area contributed by atoms with Gasteiger partial charge in [0.2, 0.25) is 0 Å². The Balaban J connectivity index is 2.82. The third-order valence-electron chi connectivity index (χ3n) is 2.63. The Bertz CT molecular complexity index is 339. The van der Waals surface area contributed by atoms with Crippen molar-refractivity contribution in [2.45, 2.75) is 33.6 Å². The highest BCUT2D eigenvalue weighted by molar-refractivity contribution is 6.30. The van der Waals surface area contributed by atoms with Gasteiger partial charge in [-0.05, 0) is 18.8 Å². The molecule has 16 heavy (non-hydrogen) atoms. The number of hydrogen-bond donors (Lipinski definition) is 0. The Morgan fingerprint density at radius 1 is 1.38 bits per heavy atom. The van der Waals surface area contributed by atoms with Gasteiger partial charge in [-0.25, -0.2) is 9.97 Å². The minimum absolute atomic E-state index is 0.573. The Labute approximate surface area is 103 Å². The molecule has 1 rings (SSSR count). The van der Waals surface area contributed by atoms with Crippen LogP contribution in [-0.2, 0) is 6.42 Å². The zero-order chi connectivity index (χ0) is 12.1. The van der Waals surface area contributed by atoms with Crippen LogP contribution in [-0.4, -0.2) is 23.6 Å². The van der Waals surface area contributed by atoms with Gasteiger partial charge < -0.3 is 4.90 Å². The summed E-state index contributed by atoms with van der Waals surface area (Å²) < 4.78 is 0. The van der Waals surface area contributed by atoms with Crippen molar-refractivity contribution in [1.29, 1.82) is 0 Å². The van der Waals surface area contributed by atoms with E-state index in [-0.39, 0.29) is 0 Å². The number of anilines is 1. The molecule has 0 aliphatic carbocycles. The van der Waals surface area contributed by atoms with Crippen molar-refractivity contribution >= 4 is 17.4 Å². The summed E-state index contributed by atoms with van der Waals surface area (Å²) in [6.45, 7) is 7.52. The topological polar surface area (TPSA) is 29.0 Å². The third kappa shape index (κ3) is 3.34. The van der Waals surface area contributed by atoms with Gasteiger partial charge >= 0.3 is 0 Å². The predicted octanol–water partition coefficient (Wildman–Crippen LogP) is 3.17. The van der Waals surface area contributed by atoms with Gasteiger partial charge in [-0.2, -0.15) is 0 Å². The summed E-state index contributed by atoms with van der Waals surface area (Å²) in [6, 6.07) is 0. The molecule has 1 heterocycles. The van der Waals surface area contributed by atoms with Gasteiger partial charge in [-0.15, -0.1) is 0 Å². The maximum absolute atomic E-state index is 6.06. The van der Waals surface area contributed by atoms with E-state index in [4.69, 9.17) is 11.6 Å². The average Bonchev–Trinajstić information content (AvgIpc) is 2.25. The van der Waals surface area contributed by atoms with Crippen molar-refractivity contribution in [1.82, 2.24) is 9.97 Å². The molecule has 3 nitrogen and oxygen atoms in total. The van der Waals surface area contributed by atoms with E-state index in [1.807, 2.05) is 0 Å². The molecule has 0 saturated carbocycles. The molecule has 0 atom stereocenters. The molecule has 0 radical (unpaired) electrons. The molecule has 0 amide bonds. The van der Waals surface area contributed by atoms with Crippen molar-refractivity contribution in [3.63, 3.8) is 0 Å². The highest BCUT2D eigenvalue weighted by Crippen LogP contribution is 2.23. The zero-order valence-corrected chi connectivity index (χ0v) is 11.3. The Morgan fingerprint density at radius 3 is 2.62 bits per heavy atom. The second-order valence-corrected chi connectivity index (χ2v) is 4.78. The molecule has 0 unspecified atom stereocenters. The van der Waals surface area contributed by atoms with E-state index in [1.165, 1.54) is 6.33 Å². The molecule has 1 aromatic rings. The number of nitrogens with zero attached hydrogens (tertiary/aromatic N) is 3. The van der Waals surface area contributed by atoms with Crippen LogP contribution in [0.1, 0.15) is 32.8 Å². The Kier molecular flexibility index (Phi) is 5.00. The quantitative estimate of drug-likeness (QED) is 0.742. The van der Waals surface area contributed by atoms with Crippen LogP contribution in [0.3, 0.4) is 0 Å². The first-order valence-corrected chi connectivity index (χ1v) is 6.14. The Morgan fingerprint density at radius 2 is 2.06 bits per heavy atom. The number of halogens is 1. The normalized spacial score (nSPS) is 10.9. The SMILES string of the molecule is CCc1c(Cl)ncnc1N(C)CCC(C)C. The molecule has 1 aromatic heterocycles. The summed E-state index contributed by atoms with van der Waals surface area (Å²) in [6.07, 6.45) is 3.55. The molecular weight excluding hydrogens is 222 g/mol. The molecule has 0 aliphatic heterocycles. The van der Waals surface area contributed by atoms with Crippen LogP contribution in [0.25, 0.3) is 0 Å². The third-order valence-corrected chi connectivity index (χ3v) is 2.95. The van der Waals surface area contributed by atoms with Crippen molar-refractivity contribution in [3.05, 3.63) is 17.0 Å². The van der Waals surface area contributed by atoms with E-state index in [2.05, 4.69) is 42.7 Å². The monoisotopic (exact) mass is 241 g/mol. The van der Waals surface area contributed by atoms with E-state index in [9.17, 15) is 0 Å². The van der Waals surface area contributed by atoms with Crippen LogP contribution in [0.2, 0.25) is 5.15 Å². The molecule has 0 aromatic carbocycles. The van der Waals surface area contributed by atoms with Crippen LogP contribution < -0.4 is 4.90 Å². The van der Waals surface area contributed by atoms with Gasteiger partial charge in [0.05, 0.1) is 0 Å². The fraction of sp³-hybridized carbons (Fsp3) is 0.667. The predicted molar refractivity (Wildman–Crippen MR) is 69.1 cm³/mol. The number of hydrogen-bond acceptors (Lipinski definition) is 3. The fourth-order valence-electron chi connectivity index (χ4n) is 1.57. The molecule has 0 spiro atoms. The summed E-state index contributed by atoms with van der Waals surface area (Å²) in [7, 11) is 2.06. The van der Waals surface area contributed by atoms with E-state index >= 15 is 0 Å². The van der Waals surface area contributed by atoms with Crippen LogP contribution in [0, 0.1) is 5.92 Å². The smallest absolute Gasteiger partial charge is 0.137 e. The summed E-state index contributed by atoms with van der Waals surface area (Å²) in [5, 5.41) is 0.573. The van der Waals surface area contributed by atoms with Crippen LogP contribution in [0.5, 0.6) is 0 Å². The van der Waals surface area contributed by atoms with Crippen molar-refractivity contribution < 1.29 is 0 Å². The van der Waals surface area contributed by atoms with E-state index < -0.39 is 0 Å². The summed E-state index contributed by atoms with van der Waals surface area (Å²) in [5.74, 6) is 1.66. The lowest BCUT2D eigenvalue weighted by molar-refractivity contribution is 0.583. The number of rotatable bonds is 5. The molecular formula is C12H20ClN3. The van der Waals surface area contributed by atoms with E-state index in [0.29, 0.717) is 11.1 Å². The van der Waals surface area contributed by atoms with Gasteiger partial charge in [0, 0.05) is 19.2 Å². The first kappa shape index (κ1) is 13.2. The van der Waals surface area contributed by atoms with Crippen LogP contribution in [0.15, 0.2) is 6.33 Å². The molecule has 0 fully saturated rings. The second-order valence-electron chi connectivity index (χ2n) is 4.42. The summed E-state index contributed by atoms with van der Waals surface area (Å²) in [4.78, 5) is 10.5. The highest BCUT2D eigenvalue weighted by Gasteiger charge is 2.12. The molecule has 90 valence electrons. The van der Waals surface area contributed by atoms with Gasteiger partial charge in [-0.1, -0.05) is 32.4 Å². The van der Waals surface area contributed by atoms with Gasteiger partial charge in [0.1, 0.15) is 17.3 Å². The van der Waals surface area contributed by atoms with Crippen LogP contribution >= 0.6 is 11.6 Å². The molecule has 0 aliphatic rings. The second kappa shape index (κ2) is 6.04. The average molecular weight is 242 g/mol. The molecule has 0 bridgehead atoms. The first-order chi connectivity index (χ1) is 7.56. The molecule has 0 N–H and O–H groups in total. The van der Waals surface area contributed by atoms with Crippen molar-refractivity contribution in [2.75, 3.05) is 18.5 Å². The van der Waals surface area contributed by atoms with Gasteiger partial charge in [0.25, 0.3) is 0 Å². The summed E-state index contributed by atoms with van der Waals surface area (Å²) >= 11 is 6.06. The van der Waals surface area contributed by atoms with E-state index in [1.54, 1.807) is 0 Å².